The lowest BCUT2D eigenvalue weighted by molar-refractivity contribution is -0.136. The van der Waals surface area contributed by atoms with Crippen molar-refractivity contribution >= 4 is 12.0 Å². The standard InChI is InChI=1S/C33H35N3O5/c1-4-36(33(39)35-20-23-9-7-6-8-10-23)22-27-19-25(26-13-16-31(34-21-26)41-5-2)12-14-28(27)29-17-24(18-32(37)38)11-15-30(29)40-3/h6-17,19,21H,4-5,18,20,22H2,1-3H3,(H,35,39)(H,37,38). The van der Waals surface area contributed by atoms with Crippen molar-refractivity contribution in [3.05, 3.63) is 102 Å². The van der Waals surface area contributed by atoms with Crippen molar-refractivity contribution < 1.29 is 24.2 Å². The summed E-state index contributed by atoms with van der Waals surface area (Å²) in [7, 11) is 1.59. The summed E-state index contributed by atoms with van der Waals surface area (Å²) in [4.78, 5) is 30.8. The summed E-state index contributed by atoms with van der Waals surface area (Å²) in [6.45, 7) is 5.63. The fraction of sp³-hybridized carbons (Fsp3) is 0.242. The first-order valence-electron chi connectivity index (χ1n) is 13.6. The molecule has 41 heavy (non-hydrogen) atoms. The van der Waals surface area contributed by atoms with Crippen molar-refractivity contribution in [3.8, 4) is 33.9 Å². The highest BCUT2D eigenvalue weighted by Gasteiger charge is 2.18. The number of aromatic nitrogens is 1. The van der Waals surface area contributed by atoms with Crippen LogP contribution in [0.2, 0.25) is 0 Å². The molecule has 0 aliphatic carbocycles. The third kappa shape index (κ3) is 7.63. The number of urea groups is 1. The lowest BCUT2D eigenvalue weighted by Crippen LogP contribution is -2.39. The van der Waals surface area contributed by atoms with Gasteiger partial charge in [-0.3, -0.25) is 4.79 Å². The highest BCUT2D eigenvalue weighted by Crippen LogP contribution is 2.36. The van der Waals surface area contributed by atoms with Crippen LogP contribution in [-0.4, -0.2) is 47.3 Å². The van der Waals surface area contributed by atoms with E-state index in [0.29, 0.717) is 43.4 Å². The summed E-state index contributed by atoms with van der Waals surface area (Å²) in [6.07, 6.45) is 1.66. The number of carboxylic acids is 1. The predicted octanol–water partition coefficient (Wildman–Crippen LogP) is 6.18. The van der Waals surface area contributed by atoms with Gasteiger partial charge in [0.2, 0.25) is 5.88 Å². The van der Waals surface area contributed by atoms with Crippen molar-refractivity contribution in [1.29, 1.82) is 0 Å². The van der Waals surface area contributed by atoms with Gasteiger partial charge in [-0.25, -0.2) is 9.78 Å². The Balaban J connectivity index is 1.72. The van der Waals surface area contributed by atoms with Gasteiger partial charge in [0.25, 0.3) is 0 Å². The smallest absolute Gasteiger partial charge is 0.317 e. The van der Waals surface area contributed by atoms with Crippen molar-refractivity contribution in [2.45, 2.75) is 33.4 Å². The molecule has 4 rings (SSSR count). The molecule has 4 aromatic rings. The van der Waals surface area contributed by atoms with E-state index in [-0.39, 0.29) is 12.5 Å². The molecule has 0 unspecified atom stereocenters. The first-order valence-corrected chi connectivity index (χ1v) is 13.6. The summed E-state index contributed by atoms with van der Waals surface area (Å²) >= 11 is 0. The number of hydrogen-bond donors (Lipinski definition) is 2. The number of benzene rings is 3. The number of pyridine rings is 1. The van der Waals surface area contributed by atoms with E-state index in [2.05, 4.69) is 10.3 Å². The quantitative estimate of drug-likeness (QED) is 0.217. The molecule has 3 aromatic carbocycles. The number of ether oxygens (including phenoxy) is 2. The summed E-state index contributed by atoms with van der Waals surface area (Å²) in [5.74, 6) is 0.264. The van der Waals surface area contributed by atoms with Crippen molar-refractivity contribution in [1.82, 2.24) is 15.2 Å². The molecule has 0 saturated heterocycles. The molecular weight excluding hydrogens is 518 g/mol. The Hall–Kier alpha value is -4.85. The van der Waals surface area contributed by atoms with Gasteiger partial charge in [-0.05, 0) is 65.9 Å². The van der Waals surface area contributed by atoms with Gasteiger partial charge in [-0.1, -0.05) is 48.5 Å². The van der Waals surface area contributed by atoms with Gasteiger partial charge in [0.1, 0.15) is 5.75 Å². The van der Waals surface area contributed by atoms with Crippen LogP contribution in [0.3, 0.4) is 0 Å². The zero-order chi connectivity index (χ0) is 29.2. The van der Waals surface area contributed by atoms with Crippen LogP contribution in [0, 0.1) is 0 Å². The fourth-order valence-corrected chi connectivity index (χ4v) is 4.62. The van der Waals surface area contributed by atoms with Gasteiger partial charge >= 0.3 is 12.0 Å². The second kappa shape index (κ2) is 14.0. The minimum Gasteiger partial charge on any atom is -0.496 e. The zero-order valence-corrected chi connectivity index (χ0v) is 23.6. The Morgan fingerprint density at radius 1 is 0.902 bits per heavy atom. The number of nitrogens with one attached hydrogen (secondary N) is 1. The minimum absolute atomic E-state index is 0.106. The van der Waals surface area contributed by atoms with Crippen LogP contribution in [0.1, 0.15) is 30.5 Å². The van der Waals surface area contributed by atoms with Gasteiger partial charge in [-0.2, -0.15) is 0 Å². The van der Waals surface area contributed by atoms with E-state index in [1.807, 2.05) is 80.6 Å². The molecular formula is C33H35N3O5. The second-order valence-electron chi connectivity index (χ2n) is 9.45. The number of rotatable bonds is 12. The Morgan fingerprint density at radius 2 is 1.68 bits per heavy atom. The number of hydrogen-bond acceptors (Lipinski definition) is 5. The predicted molar refractivity (Wildman–Crippen MR) is 159 cm³/mol. The summed E-state index contributed by atoms with van der Waals surface area (Å²) in [6, 6.07) is 24.8. The molecule has 8 nitrogen and oxygen atoms in total. The Morgan fingerprint density at radius 3 is 2.34 bits per heavy atom. The zero-order valence-electron chi connectivity index (χ0n) is 23.6. The number of carbonyl (C=O) groups is 2. The summed E-state index contributed by atoms with van der Waals surface area (Å²) in [5.41, 5.74) is 6.02. The van der Waals surface area contributed by atoms with Gasteiger partial charge in [0, 0.05) is 43.0 Å². The summed E-state index contributed by atoms with van der Waals surface area (Å²) < 4.78 is 11.2. The average molecular weight is 554 g/mol. The van der Waals surface area contributed by atoms with Crippen LogP contribution >= 0.6 is 0 Å². The molecule has 0 fully saturated rings. The normalized spacial score (nSPS) is 10.6. The van der Waals surface area contributed by atoms with E-state index in [1.165, 1.54) is 0 Å². The molecule has 0 spiro atoms. The molecule has 0 saturated carbocycles. The number of methoxy groups -OCH3 is 1. The molecule has 0 aliphatic heterocycles. The maximum atomic E-state index is 13.3. The summed E-state index contributed by atoms with van der Waals surface area (Å²) in [5, 5.41) is 12.4. The van der Waals surface area contributed by atoms with Crippen molar-refractivity contribution in [2.75, 3.05) is 20.3 Å². The molecule has 2 amide bonds. The minimum atomic E-state index is -0.910. The number of carbonyl (C=O) groups excluding carboxylic acids is 1. The van der Waals surface area contributed by atoms with E-state index in [1.54, 1.807) is 30.3 Å². The SMILES string of the molecule is CCOc1ccc(-c2ccc(-c3cc(CC(=O)O)ccc3OC)c(CN(CC)C(=O)NCc3ccccc3)c2)cn1. The van der Waals surface area contributed by atoms with Crippen LogP contribution in [0.25, 0.3) is 22.3 Å². The Labute approximate surface area is 240 Å². The molecule has 8 heteroatoms. The second-order valence-corrected chi connectivity index (χ2v) is 9.45. The average Bonchev–Trinajstić information content (AvgIpc) is 2.99. The molecule has 0 atom stereocenters. The molecule has 2 N–H and O–H groups in total. The van der Waals surface area contributed by atoms with Crippen molar-refractivity contribution in [3.63, 3.8) is 0 Å². The highest BCUT2D eigenvalue weighted by molar-refractivity contribution is 5.80. The third-order valence-electron chi connectivity index (χ3n) is 6.69. The number of carboxylic acid groups (broad SMARTS) is 1. The van der Waals surface area contributed by atoms with E-state index in [0.717, 1.165) is 33.4 Å². The van der Waals surface area contributed by atoms with Gasteiger partial charge in [0.15, 0.2) is 0 Å². The number of amides is 2. The monoisotopic (exact) mass is 553 g/mol. The van der Waals surface area contributed by atoms with Crippen LogP contribution in [0.4, 0.5) is 4.79 Å². The molecule has 0 radical (unpaired) electrons. The first kappa shape index (κ1) is 29.1. The fourth-order valence-electron chi connectivity index (χ4n) is 4.62. The largest absolute Gasteiger partial charge is 0.496 e. The van der Waals surface area contributed by atoms with Crippen LogP contribution < -0.4 is 14.8 Å². The van der Waals surface area contributed by atoms with E-state index >= 15 is 0 Å². The maximum Gasteiger partial charge on any atom is 0.317 e. The Kier molecular flexibility index (Phi) is 9.94. The van der Waals surface area contributed by atoms with Crippen molar-refractivity contribution in [2.24, 2.45) is 0 Å². The number of nitrogens with zero attached hydrogens (tertiary/aromatic N) is 2. The lowest BCUT2D eigenvalue weighted by Gasteiger charge is -2.24. The van der Waals surface area contributed by atoms with Crippen LogP contribution in [0.5, 0.6) is 11.6 Å². The van der Waals surface area contributed by atoms with Gasteiger partial charge in [0.05, 0.1) is 20.1 Å². The molecule has 1 heterocycles. The number of aliphatic carboxylic acids is 1. The topological polar surface area (TPSA) is 101 Å². The molecule has 212 valence electrons. The van der Waals surface area contributed by atoms with E-state index < -0.39 is 5.97 Å². The van der Waals surface area contributed by atoms with Crippen LogP contribution in [-0.2, 0) is 24.3 Å². The van der Waals surface area contributed by atoms with E-state index in [9.17, 15) is 14.7 Å². The molecule has 0 aliphatic rings. The molecule has 0 bridgehead atoms. The van der Waals surface area contributed by atoms with Gasteiger partial charge < -0.3 is 24.8 Å². The van der Waals surface area contributed by atoms with Crippen LogP contribution in [0.15, 0.2) is 85.1 Å². The molecule has 1 aromatic heterocycles. The lowest BCUT2D eigenvalue weighted by atomic mass is 9.93. The maximum absolute atomic E-state index is 13.3. The third-order valence-corrected chi connectivity index (χ3v) is 6.69. The van der Waals surface area contributed by atoms with E-state index in [4.69, 9.17) is 9.47 Å². The highest BCUT2D eigenvalue weighted by atomic mass is 16.5. The first-order chi connectivity index (χ1) is 19.9. The van der Waals surface area contributed by atoms with Gasteiger partial charge in [-0.15, -0.1) is 0 Å². The Bertz CT molecular complexity index is 1470.